The lowest BCUT2D eigenvalue weighted by molar-refractivity contribution is 0.660. The molecule has 0 saturated carbocycles. The van der Waals surface area contributed by atoms with Crippen LogP contribution in [0.2, 0.25) is 0 Å². The van der Waals surface area contributed by atoms with E-state index in [1.807, 2.05) is 18.2 Å². The van der Waals surface area contributed by atoms with E-state index in [4.69, 9.17) is 9.97 Å². The SMILES string of the molecule is CC1(C)c2ccccc2-c2ccc(-c3ccc(-c4cc(-c5cccc(-c6ccc(-c7ccccc7)cc6)c5)nc(-c5ccccc5)n4)c4ccccc34)cc21. The lowest BCUT2D eigenvalue weighted by Gasteiger charge is -2.22. The van der Waals surface area contributed by atoms with Gasteiger partial charge in [-0.3, -0.25) is 0 Å². The molecular formula is C53H38N2. The number of benzene rings is 8. The summed E-state index contributed by atoms with van der Waals surface area (Å²) in [6, 6.07) is 69.6. The first-order valence-electron chi connectivity index (χ1n) is 19.0. The fraction of sp³-hybridized carbons (Fsp3) is 0.0566. The van der Waals surface area contributed by atoms with Crippen LogP contribution in [0.15, 0.2) is 194 Å². The Morgan fingerprint density at radius 1 is 0.309 bits per heavy atom. The lowest BCUT2D eigenvalue weighted by atomic mass is 9.81. The summed E-state index contributed by atoms with van der Waals surface area (Å²) in [5.41, 5.74) is 17.5. The number of rotatable bonds is 6. The topological polar surface area (TPSA) is 25.8 Å². The van der Waals surface area contributed by atoms with Crippen LogP contribution in [0.3, 0.4) is 0 Å². The molecule has 0 radical (unpaired) electrons. The third-order valence-corrected chi connectivity index (χ3v) is 11.3. The first kappa shape index (κ1) is 32.7. The van der Waals surface area contributed by atoms with E-state index in [-0.39, 0.29) is 5.41 Å². The minimum Gasteiger partial charge on any atom is -0.228 e. The Morgan fingerprint density at radius 2 is 0.818 bits per heavy atom. The zero-order valence-electron chi connectivity index (χ0n) is 30.9. The molecule has 2 heteroatoms. The van der Waals surface area contributed by atoms with Crippen LogP contribution < -0.4 is 0 Å². The Balaban J connectivity index is 1.08. The number of nitrogens with zero attached hydrogens (tertiary/aromatic N) is 2. The lowest BCUT2D eigenvalue weighted by Crippen LogP contribution is -2.14. The third kappa shape index (κ3) is 5.75. The summed E-state index contributed by atoms with van der Waals surface area (Å²) in [7, 11) is 0. The number of fused-ring (bicyclic) bond motifs is 4. The first-order valence-corrected chi connectivity index (χ1v) is 19.0. The van der Waals surface area contributed by atoms with Gasteiger partial charge in [-0.2, -0.15) is 0 Å². The van der Waals surface area contributed by atoms with E-state index >= 15 is 0 Å². The van der Waals surface area contributed by atoms with Crippen molar-refractivity contribution in [3.05, 3.63) is 205 Å². The van der Waals surface area contributed by atoms with Crippen LogP contribution in [0.5, 0.6) is 0 Å². The van der Waals surface area contributed by atoms with E-state index in [0.717, 1.165) is 33.6 Å². The number of hydrogen-bond acceptors (Lipinski definition) is 2. The molecule has 8 aromatic carbocycles. The van der Waals surface area contributed by atoms with Crippen LogP contribution in [0.4, 0.5) is 0 Å². The zero-order chi connectivity index (χ0) is 36.9. The first-order chi connectivity index (χ1) is 27.0. The molecule has 0 fully saturated rings. The van der Waals surface area contributed by atoms with Gasteiger partial charge in [-0.1, -0.05) is 190 Å². The molecule has 1 aliphatic rings. The van der Waals surface area contributed by atoms with Crippen molar-refractivity contribution in [3.8, 4) is 78.4 Å². The van der Waals surface area contributed by atoms with E-state index in [1.165, 1.54) is 60.8 Å². The molecule has 0 aliphatic heterocycles. The van der Waals surface area contributed by atoms with Crippen molar-refractivity contribution in [2.75, 3.05) is 0 Å². The third-order valence-electron chi connectivity index (χ3n) is 11.3. The predicted octanol–water partition coefficient (Wildman–Crippen LogP) is 13.9. The summed E-state index contributed by atoms with van der Waals surface area (Å²) < 4.78 is 0. The standard InChI is InChI=1S/C53H38N2/c1-53(2)48-23-12-11-22-45(48)46-29-28-40(33-49(46)53)42-30-31-47(44-21-10-9-20-43(42)44)51-34-50(54-52(55-51)38-16-7-4-8-17-38)41-19-13-18-39(32-41)37-26-24-36(25-27-37)35-14-5-3-6-15-35/h3-34H,1-2H3. The second kappa shape index (κ2) is 13.2. The molecule has 0 N–H and O–H groups in total. The second-order valence-corrected chi connectivity index (χ2v) is 15.0. The van der Waals surface area contributed by atoms with Gasteiger partial charge in [-0.05, 0) is 84.6 Å². The van der Waals surface area contributed by atoms with E-state index in [0.29, 0.717) is 5.82 Å². The fourth-order valence-corrected chi connectivity index (χ4v) is 8.44. The molecular weight excluding hydrogens is 665 g/mol. The average Bonchev–Trinajstić information content (AvgIpc) is 3.49. The Hall–Kier alpha value is -6.90. The maximum Gasteiger partial charge on any atom is 0.160 e. The summed E-state index contributed by atoms with van der Waals surface area (Å²) in [6.45, 7) is 4.69. The van der Waals surface area contributed by atoms with Gasteiger partial charge in [0, 0.05) is 22.1 Å². The van der Waals surface area contributed by atoms with Crippen molar-refractivity contribution in [2.24, 2.45) is 0 Å². The molecule has 0 atom stereocenters. The molecule has 1 aliphatic carbocycles. The second-order valence-electron chi connectivity index (χ2n) is 15.0. The Morgan fingerprint density at radius 3 is 1.58 bits per heavy atom. The molecule has 1 heterocycles. The van der Waals surface area contributed by atoms with E-state index in [2.05, 4.69) is 190 Å². The summed E-state index contributed by atoms with van der Waals surface area (Å²) >= 11 is 0. The van der Waals surface area contributed by atoms with Gasteiger partial charge in [-0.25, -0.2) is 9.97 Å². The molecule has 0 spiro atoms. The quantitative estimate of drug-likeness (QED) is 0.172. The number of hydrogen-bond donors (Lipinski definition) is 0. The van der Waals surface area contributed by atoms with Gasteiger partial charge in [0.05, 0.1) is 11.4 Å². The molecule has 9 aromatic rings. The molecule has 0 amide bonds. The molecule has 1 aromatic heterocycles. The van der Waals surface area contributed by atoms with Crippen LogP contribution in [-0.4, -0.2) is 9.97 Å². The molecule has 10 rings (SSSR count). The minimum absolute atomic E-state index is 0.0637. The average molecular weight is 703 g/mol. The van der Waals surface area contributed by atoms with Gasteiger partial charge >= 0.3 is 0 Å². The minimum atomic E-state index is -0.0637. The van der Waals surface area contributed by atoms with Crippen molar-refractivity contribution in [1.82, 2.24) is 9.97 Å². The van der Waals surface area contributed by atoms with E-state index in [9.17, 15) is 0 Å². The van der Waals surface area contributed by atoms with Crippen LogP contribution in [-0.2, 0) is 5.41 Å². The van der Waals surface area contributed by atoms with E-state index in [1.54, 1.807) is 0 Å². The monoisotopic (exact) mass is 702 g/mol. The molecule has 0 unspecified atom stereocenters. The van der Waals surface area contributed by atoms with Crippen molar-refractivity contribution in [3.63, 3.8) is 0 Å². The Labute approximate surface area is 322 Å². The molecule has 0 bridgehead atoms. The summed E-state index contributed by atoms with van der Waals surface area (Å²) in [4.78, 5) is 10.4. The summed E-state index contributed by atoms with van der Waals surface area (Å²) in [5.74, 6) is 0.708. The number of aromatic nitrogens is 2. The van der Waals surface area contributed by atoms with Crippen LogP contribution >= 0.6 is 0 Å². The highest BCUT2D eigenvalue weighted by Crippen LogP contribution is 2.50. The van der Waals surface area contributed by atoms with Crippen LogP contribution in [0.1, 0.15) is 25.0 Å². The van der Waals surface area contributed by atoms with Crippen molar-refractivity contribution < 1.29 is 0 Å². The van der Waals surface area contributed by atoms with Crippen molar-refractivity contribution >= 4 is 10.8 Å². The smallest absolute Gasteiger partial charge is 0.160 e. The Bertz CT molecular complexity index is 2870. The van der Waals surface area contributed by atoms with Crippen molar-refractivity contribution in [2.45, 2.75) is 19.3 Å². The highest BCUT2D eigenvalue weighted by atomic mass is 14.9. The highest BCUT2D eigenvalue weighted by molar-refractivity contribution is 6.05. The van der Waals surface area contributed by atoms with Gasteiger partial charge < -0.3 is 0 Å². The van der Waals surface area contributed by atoms with Crippen LogP contribution in [0, 0.1) is 0 Å². The molecule has 0 saturated heterocycles. The van der Waals surface area contributed by atoms with E-state index < -0.39 is 0 Å². The largest absolute Gasteiger partial charge is 0.228 e. The van der Waals surface area contributed by atoms with Gasteiger partial charge in [0.1, 0.15) is 0 Å². The maximum absolute atomic E-state index is 5.25. The van der Waals surface area contributed by atoms with Gasteiger partial charge in [0.2, 0.25) is 0 Å². The maximum atomic E-state index is 5.25. The van der Waals surface area contributed by atoms with Gasteiger partial charge in [-0.15, -0.1) is 0 Å². The zero-order valence-corrected chi connectivity index (χ0v) is 30.9. The Kier molecular flexibility index (Phi) is 7.85. The highest BCUT2D eigenvalue weighted by Gasteiger charge is 2.35. The summed E-state index contributed by atoms with van der Waals surface area (Å²) in [5, 5.41) is 2.37. The van der Waals surface area contributed by atoms with Gasteiger partial charge in [0.15, 0.2) is 5.82 Å². The molecule has 260 valence electrons. The molecule has 2 nitrogen and oxygen atoms in total. The van der Waals surface area contributed by atoms with Gasteiger partial charge in [0.25, 0.3) is 0 Å². The normalized spacial score (nSPS) is 12.7. The fourth-order valence-electron chi connectivity index (χ4n) is 8.44. The predicted molar refractivity (Wildman–Crippen MR) is 230 cm³/mol. The van der Waals surface area contributed by atoms with Crippen molar-refractivity contribution in [1.29, 1.82) is 0 Å². The summed E-state index contributed by atoms with van der Waals surface area (Å²) in [6.07, 6.45) is 0. The molecule has 55 heavy (non-hydrogen) atoms. The van der Waals surface area contributed by atoms with Crippen LogP contribution in [0.25, 0.3) is 89.2 Å².